The Hall–Kier alpha value is -3.62. The van der Waals surface area contributed by atoms with Crippen LogP contribution in [0.4, 0.5) is 5.69 Å². The summed E-state index contributed by atoms with van der Waals surface area (Å²) >= 11 is 0. The molecule has 0 aromatic heterocycles. The quantitative estimate of drug-likeness (QED) is 0.584. The van der Waals surface area contributed by atoms with E-state index in [1.165, 1.54) is 21.3 Å². The Morgan fingerprint density at radius 2 is 1.61 bits per heavy atom. The van der Waals surface area contributed by atoms with Gasteiger partial charge in [-0.3, -0.25) is 9.59 Å². The van der Waals surface area contributed by atoms with Crippen molar-refractivity contribution in [3.63, 3.8) is 0 Å². The number of carbonyl (C=O) groups excluding carboxylic acids is 2. The highest BCUT2D eigenvalue weighted by molar-refractivity contribution is 6.00. The van der Waals surface area contributed by atoms with Gasteiger partial charge in [-0.1, -0.05) is 0 Å². The molecule has 0 radical (unpaired) electrons. The van der Waals surface area contributed by atoms with E-state index in [0.717, 1.165) is 17.1 Å². The van der Waals surface area contributed by atoms with Crippen molar-refractivity contribution in [1.29, 1.82) is 0 Å². The second kappa shape index (κ2) is 10.8. The lowest BCUT2D eigenvalue weighted by atomic mass is 10.1. The van der Waals surface area contributed by atoms with E-state index in [4.69, 9.17) is 23.7 Å². The summed E-state index contributed by atoms with van der Waals surface area (Å²) in [7, 11) is 7.75. The number of hydrogen-bond acceptors (Lipinski definition) is 7. The van der Waals surface area contributed by atoms with E-state index in [-0.39, 0.29) is 24.8 Å². The molecule has 2 aromatic carbocycles. The maximum absolute atomic E-state index is 12.8. The van der Waals surface area contributed by atoms with E-state index in [0.29, 0.717) is 35.9 Å². The van der Waals surface area contributed by atoms with Gasteiger partial charge in [-0.15, -0.1) is 0 Å². The number of benzene rings is 2. The number of hydrogen-bond donors (Lipinski definition) is 1. The van der Waals surface area contributed by atoms with Crippen LogP contribution in [0.1, 0.15) is 12.0 Å². The number of carbonyl (C=O) groups is 2. The molecule has 0 bridgehead atoms. The molecular formula is C24H30N2O7. The minimum Gasteiger partial charge on any atom is -0.497 e. The van der Waals surface area contributed by atoms with Gasteiger partial charge in [0.15, 0.2) is 11.5 Å². The predicted octanol–water partition coefficient (Wildman–Crippen LogP) is 2.44. The molecule has 1 heterocycles. The zero-order chi connectivity index (χ0) is 24.0. The van der Waals surface area contributed by atoms with Crippen LogP contribution < -0.4 is 33.9 Å². The Morgan fingerprint density at radius 3 is 2.18 bits per heavy atom. The fourth-order valence-electron chi connectivity index (χ4n) is 3.90. The predicted molar refractivity (Wildman–Crippen MR) is 123 cm³/mol. The summed E-state index contributed by atoms with van der Waals surface area (Å²) in [5, 5.41) is 2.93. The Balaban J connectivity index is 1.65. The van der Waals surface area contributed by atoms with Crippen LogP contribution in [0, 0.1) is 5.92 Å². The maximum Gasteiger partial charge on any atom is 0.227 e. The number of ether oxygens (including phenoxy) is 5. The molecule has 1 aliphatic rings. The second-order valence-electron chi connectivity index (χ2n) is 7.51. The summed E-state index contributed by atoms with van der Waals surface area (Å²) in [5.74, 6) is 2.02. The number of amides is 2. The molecule has 1 atom stereocenters. The van der Waals surface area contributed by atoms with E-state index >= 15 is 0 Å². The van der Waals surface area contributed by atoms with Gasteiger partial charge < -0.3 is 33.9 Å². The van der Waals surface area contributed by atoms with Gasteiger partial charge in [-0.05, 0) is 30.2 Å². The highest BCUT2D eigenvalue weighted by Gasteiger charge is 2.35. The fraction of sp³-hybridized carbons (Fsp3) is 0.417. The number of nitrogens with zero attached hydrogens (tertiary/aromatic N) is 1. The largest absolute Gasteiger partial charge is 0.497 e. The first-order valence-electron chi connectivity index (χ1n) is 10.5. The third-order valence-corrected chi connectivity index (χ3v) is 5.64. The Kier molecular flexibility index (Phi) is 7.87. The van der Waals surface area contributed by atoms with Gasteiger partial charge in [0.1, 0.15) is 11.5 Å². The smallest absolute Gasteiger partial charge is 0.227 e. The van der Waals surface area contributed by atoms with Gasteiger partial charge in [0.05, 0.1) is 47.2 Å². The minimum atomic E-state index is -0.455. The van der Waals surface area contributed by atoms with E-state index in [2.05, 4.69) is 5.32 Å². The Morgan fingerprint density at radius 1 is 0.939 bits per heavy atom. The summed E-state index contributed by atoms with van der Waals surface area (Å²) in [5.41, 5.74) is 1.52. The van der Waals surface area contributed by atoms with Crippen LogP contribution in [0.25, 0.3) is 0 Å². The standard InChI is InChI=1S/C24H30N2O7/c1-29-18-6-7-19(30-2)15(10-18)8-9-25-24(28)16-11-22(27)26(14-16)17-12-20(31-3)23(33-5)21(13-17)32-4/h6-7,10,12-13,16H,8-9,11,14H2,1-5H3,(H,25,28). The molecule has 2 amide bonds. The lowest BCUT2D eigenvalue weighted by molar-refractivity contribution is -0.126. The number of nitrogens with one attached hydrogen (secondary N) is 1. The lowest BCUT2D eigenvalue weighted by Gasteiger charge is -2.20. The first-order valence-corrected chi connectivity index (χ1v) is 10.5. The van der Waals surface area contributed by atoms with Crippen LogP contribution in [0.5, 0.6) is 28.7 Å². The van der Waals surface area contributed by atoms with Crippen LogP contribution in [0.2, 0.25) is 0 Å². The first-order chi connectivity index (χ1) is 15.9. The summed E-state index contributed by atoms with van der Waals surface area (Å²) in [6.07, 6.45) is 0.703. The molecular weight excluding hydrogens is 428 g/mol. The van der Waals surface area contributed by atoms with Gasteiger partial charge in [0, 0.05) is 31.6 Å². The minimum absolute atomic E-state index is 0.130. The zero-order valence-electron chi connectivity index (χ0n) is 19.6. The van der Waals surface area contributed by atoms with Crippen molar-refractivity contribution in [2.24, 2.45) is 5.92 Å². The SMILES string of the molecule is COc1ccc(OC)c(CCNC(=O)C2CC(=O)N(c3cc(OC)c(OC)c(OC)c3)C2)c1. The lowest BCUT2D eigenvalue weighted by Crippen LogP contribution is -2.34. The summed E-state index contributed by atoms with van der Waals surface area (Å²) < 4.78 is 26.7. The zero-order valence-corrected chi connectivity index (χ0v) is 19.6. The van der Waals surface area contributed by atoms with Gasteiger partial charge in [0.25, 0.3) is 0 Å². The van der Waals surface area contributed by atoms with Gasteiger partial charge >= 0.3 is 0 Å². The van der Waals surface area contributed by atoms with Crippen molar-refractivity contribution >= 4 is 17.5 Å². The van der Waals surface area contributed by atoms with Crippen molar-refractivity contribution < 1.29 is 33.3 Å². The Bertz CT molecular complexity index is 983. The summed E-state index contributed by atoms with van der Waals surface area (Å²) in [6, 6.07) is 8.95. The third kappa shape index (κ3) is 5.24. The van der Waals surface area contributed by atoms with Crippen LogP contribution in [0.15, 0.2) is 30.3 Å². The highest BCUT2D eigenvalue weighted by Crippen LogP contribution is 2.42. The molecule has 1 aliphatic heterocycles. The van der Waals surface area contributed by atoms with Crippen molar-refractivity contribution in [1.82, 2.24) is 5.32 Å². The van der Waals surface area contributed by atoms with Crippen LogP contribution in [-0.4, -0.2) is 60.5 Å². The first kappa shape index (κ1) is 24.0. The maximum atomic E-state index is 12.8. The molecule has 3 rings (SSSR count). The molecule has 1 N–H and O–H groups in total. The van der Waals surface area contributed by atoms with E-state index in [9.17, 15) is 9.59 Å². The molecule has 1 fully saturated rings. The third-order valence-electron chi connectivity index (χ3n) is 5.64. The molecule has 178 valence electrons. The highest BCUT2D eigenvalue weighted by atomic mass is 16.5. The molecule has 1 unspecified atom stereocenters. The van der Waals surface area contributed by atoms with E-state index in [1.54, 1.807) is 31.3 Å². The molecule has 9 heteroatoms. The van der Waals surface area contributed by atoms with Gasteiger partial charge in [-0.2, -0.15) is 0 Å². The molecule has 0 aliphatic carbocycles. The number of methoxy groups -OCH3 is 5. The van der Waals surface area contributed by atoms with Crippen molar-refractivity contribution in [2.45, 2.75) is 12.8 Å². The number of rotatable bonds is 10. The van der Waals surface area contributed by atoms with Crippen molar-refractivity contribution in [3.05, 3.63) is 35.9 Å². The normalized spacial score (nSPS) is 15.2. The fourth-order valence-corrected chi connectivity index (χ4v) is 3.90. The molecule has 0 saturated carbocycles. The Labute approximate surface area is 193 Å². The summed E-state index contributed by atoms with van der Waals surface area (Å²) in [6.45, 7) is 0.684. The topological polar surface area (TPSA) is 95.6 Å². The van der Waals surface area contributed by atoms with E-state index in [1.807, 2.05) is 18.2 Å². The van der Waals surface area contributed by atoms with Crippen molar-refractivity contribution in [2.75, 3.05) is 53.5 Å². The average Bonchev–Trinajstić information content (AvgIpc) is 3.24. The molecule has 1 saturated heterocycles. The molecule has 0 spiro atoms. The summed E-state index contributed by atoms with van der Waals surface area (Å²) in [4.78, 5) is 27.0. The van der Waals surface area contributed by atoms with Gasteiger partial charge in [-0.25, -0.2) is 0 Å². The van der Waals surface area contributed by atoms with E-state index < -0.39 is 5.92 Å². The number of anilines is 1. The van der Waals surface area contributed by atoms with Gasteiger partial charge in [0.2, 0.25) is 17.6 Å². The van der Waals surface area contributed by atoms with Crippen LogP contribution in [0.3, 0.4) is 0 Å². The average molecular weight is 459 g/mol. The van der Waals surface area contributed by atoms with Crippen molar-refractivity contribution in [3.8, 4) is 28.7 Å². The van der Waals surface area contributed by atoms with Crippen LogP contribution in [-0.2, 0) is 16.0 Å². The second-order valence-corrected chi connectivity index (χ2v) is 7.51. The molecule has 2 aromatic rings. The monoisotopic (exact) mass is 458 g/mol. The molecule has 33 heavy (non-hydrogen) atoms. The van der Waals surface area contributed by atoms with Crippen LogP contribution >= 0.6 is 0 Å². The molecule has 9 nitrogen and oxygen atoms in total.